The van der Waals surface area contributed by atoms with Crippen molar-refractivity contribution in [3.05, 3.63) is 46.5 Å². The Labute approximate surface area is 182 Å². The molecule has 1 fully saturated rings. The normalized spacial score (nSPS) is 18.5. The second-order valence-corrected chi connectivity index (χ2v) is 7.46. The van der Waals surface area contributed by atoms with Gasteiger partial charge in [-0.25, -0.2) is 4.39 Å². The third kappa shape index (κ3) is 4.26. The Morgan fingerprint density at radius 2 is 2.10 bits per heavy atom. The lowest BCUT2D eigenvalue weighted by atomic mass is 10.0. The predicted octanol–water partition coefficient (Wildman–Crippen LogP) is 2.30. The summed E-state index contributed by atoms with van der Waals surface area (Å²) in [6, 6.07) is 4.29. The van der Waals surface area contributed by atoms with Crippen LogP contribution in [0.15, 0.2) is 29.6 Å². The molecule has 0 spiro atoms. The molecule has 9 nitrogen and oxygen atoms in total. The molecule has 4 rings (SSSR count). The Morgan fingerprint density at radius 1 is 1.32 bits per heavy atom. The van der Waals surface area contributed by atoms with Crippen molar-refractivity contribution in [2.75, 3.05) is 31.6 Å². The molecule has 0 saturated carbocycles. The van der Waals surface area contributed by atoms with Crippen molar-refractivity contribution in [1.82, 2.24) is 14.7 Å². The van der Waals surface area contributed by atoms with Crippen LogP contribution in [0.3, 0.4) is 0 Å². The van der Waals surface area contributed by atoms with Crippen molar-refractivity contribution < 1.29 is 23.6 Å². The minimum Gasteiger partial charge on any atom is -0.382 e. The van der Waals surface area contributed by atoms with Crippen LogP contribution in [0.25, 0.3) is 0 Å². The number of morpholine rings is 1. The first kappa shape index (κ1) is 21.3. The Balaban J connectivity index is 1.48. The zero-order valence-corrected chi connectivity index (χ0v) is 17.6. The second-order valence-electron chi connectivity index (χ2n) is 7.05. The summed E-state index contributed by atoms with van der Waals surface area (Å²) < 4.78 is 21.0. The molecular formula is C20H21ClFN5O4. The monoisotopic (exact) mass is 449 g/mol. The van der Waals surface area contributed by atoms with E-state index in [-0.39, 0.29) is 40.0 Å². The number of aromatic nitrogens is 2. The van der Waals surface area contributed by atoms with E-state index in [2.05, 4.69) is 15.6 Å². The number of benzene rings is 1. The first-order valence-electron chi connectivity index (χ1n) is 9.90. The van der Waals surface area contributed by atoms with Gasteiger partial charge in [-0.1, -0.05) is 22.8 Å². The van der Waals surface area contributed by atoms with Crippen LogP contribution in [0.5, 0.6) is 0 Å². The zero-order chi connectivity index (χ0) is 22.0. The van der Waals surface area contributed by atoms with Crippen LogP contribution in [0, 0.1) is 5.82 Å². The van der Waals surface area contributed by atoms with Gasteiger partial charge in [-0.05, 0) is 19.1 Å². The molecule has 1 aromatic heterocycles. The van der Waals surface area contributed by atoms with E-state index in [9.17, 15) is 14.0 Å². The molecular weight excluding hydrogens is 429 g/mol. The molecule has 1 aromatic carbocycles. The first-order valence-corrected chi connectivity index (χ1v) is 10.3. The third-order valence-electron chi connectivity index (χ3n) is 5.11. The summed E-state index contributed by atoms with van der Waals surface area (Å²) in [6.45, 7) is 4.17. The van der Waals surface area contributed by atoms with Crippen LogP contribution < -0.4 is 5.32 Å². The first-order chi connectivity index (χ1) is 15.0. The number of rotatable bonds is 5. The van der Waals surface area contributed by atoms with Gasteiger partial charge in [0.1, 0.15) is 11.5 Å². The summed E-state index contributed by atoms with van der Waals surface area (Å²) in [4.78, 5) is 32.7. The minimum atomic E-state index is -0.984. The predicted molar refractivity (Wildman–Crippen MR) is 111 cm³/mol. The van der Waals surface area contributed by atoms with Gasteiger partial charge in [-0.2, -0.15) is 5.10 Å². The molecule has 1 N–H and O–H groups in total. The van der Waals surface area contributed by atoms with Crippen molar-refractivity contribution in [1.29, 1.82) is 0 Å². The molecule has 2 aliphatic heterocycles. The van der Waals surface area contributed by atoms with E-state index in [1.54, 1.807) is 11.0 Å². The van der Waals surface area contributed by atoms with Crippen molar-refractivity contribution in [3.63, 3.8) is 0 Å². The third-order valence-corrected chi connectivity index (χ3v) is 5.43. The topological polar surface area (TPSA) is 98.1 Å². The van der Waals surface area contributed by atoms with Crippen molar-refractivity contribution in [2.45, 2.75) is 26.0 Å². The van der Waals surface area contributed by atoms with Crippen LogP contribution in [0.1, 0.15) is 29.4 Å². The standard InChI is InChI=1S/C20H21ClFN5O4/c1-2-27-18(20(29)26-6-8-30-9-7-26)15(11-23-27)24-19(28)16-10-14(25-31-16)17-12(21)4-3-5-13(17)22/h3-5,11,16H,2,6-10H2,1H3,(H,24,28). The van der Waals surface area contributed by atoms with E-state index < -0.39 is 17.8 Å². The van der Waals surface area contributed by atoms with E-state index in [1.165, 1.54) is 23.0 Å². The number of halogens is 2. The smallest absolute Gasteiger partial charge is 0.274 e. The molecule has 164 valence electrons. The molecule has 1 saturated heterocycles. The van der Waals surface area contributed by atoms with Gasteiger partial charge in [-0.15, -0.1) is 0 Å². The van der Waals surface area contributed by atoms with Crippen LogP contribution in [0.4, 0.5) is 10.1 Å². The Kier molecular flexibility index (Phi) is 6.19. The maximum Gasteiger partial charge on any atom is 0.274 e. The average Bonchev–Trinajstić information content (AvgIpc) is 3.41. The molecule has 1 atom stereocenters. The summed E-state index contributed by atoms with van der Waals surface area (Å²) in [5.41, 5.74) is 0.928. The van der Waals surface area contributed by atoms with Crippen molar-refractivity contribution >= 4 is 34.8 Å². The molecule has 31 heavy (non-hydrogen) atoms. The SMILES string of the molecule is CCn1ncc(NC(=O)C2CC(c3c(F)cccc3Cl)=NO2)c1C(=O)N1CCOCC1. The highest BCUT2D eigenvalue weighted by molar-refractivity contribution is 6.34. The maximum absolute atomic E-state index is 14.2. The Morgan fingerprint density at radius 3 is 2.81 bits per heavy atom. The minimum absolute atomic E-state index is 0.0428. The lowest BCUT2D eigenvalue weighted by Crippen LogP contribution is -2.42. The Hall–Kier alpha value is -2.98. The molecule has 2 aromatic rings. The zero-order valence-electron chi connectivity index (χ0n) is 16.8. The number of ether oxygens (including phenoxy) is 1. The van der Waals surface area contributed by atoms with Crippen LogP contribution in [-0.2, 0) is 20.9 Å². The summed E-state index contributed by atoms with van der Waals surface area (Å²) in [7, 11) is 0. The summed E-state index contributed by atoms with van der Waals surface area (Å²) in [5.74, 6) is -1.29. The van der Waals surface area contributed by atoms with Gasteiger partial charge >= 0.3 is 0 Å². The van der Waals surface area contributed by atoms with E-state index in [4.69, 9.17) is 21.2 Å². The molecule has 11 heteroatoms. The fraction of sp³-hybridized carbons (Fsp3) is 0.400. The summed E-state index contributed by atoms with van der Waals surface area (Å²) in [5, 5.41) is 10.9. The highest BCUT2D eigenvalue weighted by Crippen LogP contribution is 2.26. The van der Waals surface area contributed by atoms with Gasteiger partial charge < -0.3 is 19.8 Å². The van der Waals surface area contributed by atoms with Crippen LogP contribution in [-0.4, -0.2) is 64.6 Å². The van der Waals surface area contributed by atoms with Crippen molar-refractivity contribution in [2.24, 2.45) is 5.16 Å². The number of carbonyl (C=O) groups excluding carboxylic acids is 2. The fourth-order valence-corrected chi connectivity index (χ4v) is 3.78. The van der Waals surface area contributed by atoms with Gasteiger partial charge in [0.2, 0.25) is 6.10 Å². The Bertz CT molecular complexity index is 1010. The number of hydrogen-bond acceptors (Lipinski definition) is 6. The molecule has 2 amide bonds. The molecule has 3 heterocycles. The van der Waals surface area contributed by atoms with Gasteiger partial charge in [0.25, 0.3) is 11.8 Å². The average molecular weight is 450 g/mol. The molecule has 0 radical (unpaired) electrons. The molecule has 0 bridgehead atoms. The molecule has 1 unspecified atom stereocenters. The van der Waals surface area contributed by atoms with Gasteiger partial charge in [-0.3, -0.25) is 14.3 Å². The number of aryl methyl sites for hydroxylation is 1. The van der Waals surface area contributed by atoms with Gasteiger partial charge in [0.15, 0.2) is 0 Å². The number of carbonyl (C=O) groups is 2. The van der Waals surface area contributed by atoms with E-state index in [0.717, 1.165) is 0 Å². The van der Waals surface area contributed by atoms with E-state index in [1.807, 2.05) is 6.92 Å². The quantitative estimate of drug-likeness (QED) is 0.755. The molecule has 0 aliphatic carbocycles. The maximum atomic E-state index is 14.2. The summed E-state index contributed by atoms with van der Waals surface area (Å²) >= 11 is 6.08. The number of oxime groups is 1. The number of nitrogens with zero attached hydrogens (tertiary/aromatic N) is 4. The molecule has 2 aliphatic rings. The number of amides is 2. The number of anilines is 1. The van der Waals surface area contributed by atoms with E-state index in [0.29, 0.717) is 32.8 Å². The van der Waals surface area contributed by atoms with Gasteiger partial charge in [0.05, 0.1) is 41.4 Å². The summed E-state index contributed by atoms with van der Waals surface area (Å²) in [6.07, 6.45) is 0.489. The second kappa shape index (κ2) is 9.03. The fourth-order valence-electron chi connectivity index (χ4n) is 3.51. The van der Waals surface area contributed by atoms with E-state index >= 15 is 0 Å². The van der Waals surface area contributed by atoms with Crippen LogP contribution >= 0.6 is 11.6 Å². The number of hydrogen-bond donors (Lipinski definition) is 1. The highest BCUT2D eigenvalue weighted by atomic mass is 35.5. The van der Waals surface area contributed by atoms with Gasteiger partial charge in [0, 0.05) is 26.1 Å². The van der Waals surface area contributed by atoms with Crippen molar-refractivity contribution in [3.8, 4) is 0 Å². The lowest BCUT2D eigenvalue weighted by Gasteiger charge is -2.27. The van der Waals surface area contributed by atoms with Crippen LogP contribution in [0.2, 0.25) is 5.02 Å². The lowest BCUT2D eigenvalue weighted by molar-refractivity contribution is -0.125. The largest absolute Gasteiger partial charge is 0.382 e. The highest BCUT2D eigenvalue weighted by Gasteiger charge is 2.33. The number of nitrogens with one attached hydrogen (secondary N) is 1.